The Bertz CT molecular complexity index is 2400. The summed E-state index contributed by atoms with van der Waals surface area (Å²) in [5.41, 5.74) is 3.50. The van der Waals surface area contributed by atoms with Crippen molar-refractivity contribution >= 4 is 45.2 Å². The first-order chi connectivity index (χ1) is 28.6. The average molecular weight is 823 g/mol. The van der Waals surface area contributed by atoms with E-state index >= 15 is 0 Å². The number of ether oxygens (including phenoxy) is 1. The fraction of sp³-hybridized carbons (Fsp3) is 0.333. The highest BCUT2D eigenvalue weighted by molar-refractivity contribution is 6.01. The molecule has 0 aliphatic carbocycles. The number of carboxylic acid groups (broad SMARTS) is 1. The number of nitrogens with one attached hydrogen (secondary N) is 1. The summed E-state index contributed by atoms with van der Waals surface area (Å²) in [7, 11) is 0. The summed E-state index contributed by atoms with van der Waals surface area (Å²) in [6.45, 7) is 14.8. The van der Waals surface area contributed by atoms with Crippen LogP contribution in [0.3, 0.4) is 0 Å². The molecule has 1 amide bonds. The molecule has 0 unspecified atom stereocenters. The van der Waals surface area contributed by atoms with Crippen molar-refractivity contribution in [2.24, 2.45) is 0 Å². The predicted octanol–water partition coefficient (Wildman–Crippen LogP) is 8.47. The van der Waals surface area contributed by atoms with Crippen LogP contribution in [-0.4, -0.2) is 106 Å². The maximum absolute atomic E-state index is 12.5. The molecule has 0 saturated carbocycles. The van der Waals surface area contributed by atoms with Crippen molar-refractivity contribution in [3.05, 3.63) is 109 Å². The molecule has 0 spiro atoms. The average Bonchev–Trinajstić information content (AvgIpc) is 3.23. The van der Waals surface area contributed by atoms with Crippen LogP contribution in [0.4, 0.5) is 29.6 Å². The molecule has 12 nitrogen and oxygen atoms in total. The van der Waals surface area contributed by atoms with Crippen LogP contribution in [0, 0.1) is 0 Å². The molecule has 4 aromatic carbocycles. The molecule has 314 valence electrons. The Balaban J connectivity index is 0.000000178. The van der Waals surface area contributed by atoms with Gasteiger partial charge < -0.3 is 29.9 Å². The Hall–Kier alpha value is -6.35. The third-order valence-corrected chi connectivity index (χ3v) is 9.90. The monoisotopic (exact) mass is 822 g/mol. The molecule has 2 saturated heterocycles. The number of carbonyl (C=O) groups excluding carboxylic acids is 1. The molecule has 60 heavy (non-hydrogen) atoms. The van der Waals surface area contributed by atoms with Crippen molar-refractivity contribution in [1.82, 2.24) is 30.6 Å². The highest BCUT2D eigenvalue weighted by atomic mass is 19.4. The molecule has 2 aromatic heterocycles. The summed E-state index contributed by atoms with van der Waals surface area (Å²) in [5.74, 6) is -0.901. The van der Waals surface area contributed by atoms with E-state index in [1.54, 1.807) is 4.90 Å². The molecule has 2 aliphatic rings. The molecule has 8 rings (SSSR count). The Morgan fingerprint density at radius 2 is 1.08 bits per heavy atom. The minimum Gasteiger partial charge on any atom is -0.475 e. The summed E-state index contributed by atoms with van der Waals surface area (Å²) in [6, 6.07) is 37.6. The maximum atomic E-state index is 12.5. The van der Waals surface area contributed by atoms with Gasteiger partial charge in [0.15, 0.2) is 11.6 Å². The number of alkyl halides is 3. The molecule has 0 bridgehead atoms. The van der Waals surface area contributed by atoms with Gasteiger partial charge in [-0.25, -0.2) is 9.59 Å². The number of aromatic nitrogens is 4. The topological polar surface area (TPSA) is 137 Å². The number of benzene rings is 4. The van der Waals surface area contributed by atoms with Crippen LogP contribution in [0.15, 0.2) is 109 Å². The van der Waals surface area contributed by atoms with Crippen LogP contribution in [0.2, 0.25) is 0 Å². The lowest BCUT2D eigenvalue weighted by atomic mass is 10.0. The first-order valence-electron chi connectivity index (χ1n) is 19.8. The van der Waals surface area contributed by atoms with Crippen molar-refractivity contribution in [1.29, 1.82) is 0 Å². The minimum absolute atomic E-state index is 0.0166. The summed E-state index contributed by atoms with van der Waals surface area (Å²) in [5, 5.41) is 33.4. The van der Waals surface area contributed by atoms with Crippen LogP contribution in [0.25, 0.3) is 44.1 Å². The second-order valence-electron chi connectivity index (χ2n) is 15.6. The molecule has 4 heterocycles. The molecule has 2 fully saturated rings. The second kappa shape index (κ2) is 18.7. The molecular formula is C45H49F3N8O4. The van der Waals surface area contributed by atoms with E-state index in [9.17, 15) is 18.0 Å². The SMILES string of the molecule is C[C@H]1CN(c2nnc(-c3ccccc3)c3ccccc23)CCN1.C[C@H]1CN(c2nnc(-c3ccccc3)c3ccccc23)CCN1C(=O)OC(C)(C)C.O=C(O)C(F)(F)F. The zero-order valence-corrected chi connectivity index (χ0v) is 34.2. The largest absolute Gasteiger partial charge is 0.490 e. The van der Waals surface area contributed by atoms with Crippen LogP contribution in [0.1, 0.15) is 34.6 Å². The summed E-state index contributed by atoms with van der Waals surface area (Å²) in [6.07, 6.45) is -5.34. The zero-order chi connectivity index (χ0) is 43.0. The van der Waals surface area contributed by atoms with Gasteiger partial charge in [0.1, 0.15) is 17.0 Å². The predicted molar refractivity (Wildman–Crippen MR) is 228 cm³/mol. The van der Waals surface area contributed by atoms with E-state index in [2.05, 4.69) is 103 Å². The number of nitrogens with zero attached hydrogens (tertiary/aromatic N) is 7. The zero-order valence-electron chi connectivity index (χ0n) is 34.2. The number of amides is 1. The third-order valence-electron chi connectivity index (χ3n) is 9.90. The van der Waals surface area contributed by atoms with Gasteiger partial charge in [-0.1, -0.05) is 109 Å². The van der Waals surface area contributed by atoms with Gasteiger partial charge in [-0.2, -0.15) is 13.2 Å². The Morgan fingerprint density at radius 3 is 1.50 bits per heavy atom. The molecule has 2 N–H and O–H groups in total. The smallest absolute Gasteiger partial charge is 0.475 e. The Kier molecular flexibility index (Phi) is 13.5. The lowest BCUT2D eigenvalue weighted by Gasteiger charge is -2.40. The van der Waals surface area contributed by atoms with Crippen LogP contribution < -0.4 is 15.1 Å². The quantitative estimate of drug-likeness (QED) is 0.177. The fourth-order valence-electron chi connectivity index (χ4n) is 7.13. The summed E-state index contributed by atoms with van der Waals surface area (Å²) >= 11 is 0. The molecule has 2 aliphatic heterocycles. The van der Waals surface area contributed by atoms with Gasteiger partial charge in [0.25, 0.3) is 0 Å². The number of halogens is 3. The van der Waals surface area contributed by atoms with Gasteiger partial charge >= 0.3 is 18.2 Å². The van der Waals surface area contributed by atoms with Gasteiger partial charge in [-0.3, -0.25) is 0 Å². The number of rotatable bonds is 4. The van der Waals surface area contributed by atoms with Crippen LogP contribution in [-0.2, 0) is 9.53 Å². The van der Waals surface area contributed by atoms with E-state index in [4.69, 9.17) is 14.6 Å². The van der Waals surface area contributed by atoms with E-state index < -0.39 is 17.7 Å². The molecule has 2 atom stereocenters. The van der Waals surface area contributed by atoms with E-state index in [1.807, 2.05) is 76.2 Å². The Morgan fingerprint density at radius 1 is 0.650 bits per heavy atom. The number of anilines is 2. The van der Waals surface area contributed by atoms with E-state index in [0.29, 0.717) is 25.7 Å². The maximum Gasteiger partial charge on any atom is 0.490 e. The van der Waals surface area contributed by atoms with Gasteiger partial charge in [0.05, 0.1) is 0 Å². The van der Waals surface area contributed by atoms with Gasteiger partial charge in [0.2, 0.25) is 0 Å². The normalized spacial score (nSPS) is 17.0. The number of carbonyl (C=O) groups is 2. The van der Waals surface area contributed by atoms with Crippen molar-refractivity contribution in [2.75, 3.05) is 49.1 Å². The van der Waals surface area contributed by atoms with E-state index in [0.717, 1.165) is 69.9 Å². The van der Waals surface area contributed by atoms with Crippen molar-refractivity contribution in [3.8, 4) is 22.5 Å². The second-order valence-corrected chi connectivity index (χ2v) is 15.6. The summed E-state index contributed by atoms with van der Waals surface area (Å²) in [4.78, 5) is 27.8. The summed E-state index contributed by atoms with van der Waals surface area (Å²) < 4.78 is 37.3. The van der Waals surface area contributed by atoms with Crippen LogP contribution >= 0.6 is 0 Å². The van der Waals surface area contributed by atoms with Gasteiger partial charge in [-0.05, 0) is 34.6 Å². The van der Waals surface area contributed by atoms with Crippen molar-refractivity contribution < 1.29 is 32.6 Å². The standard InChI is InChI=1S/C24H28N4O2.C19H20N4.C2HF3O2/c1-17-16-27(14-15-28(17)23(29)30-24(2,3)4)22-20-13-9-8-12-19(20)21(25-26-22)18-10-6-5-7-11-18;1-14-13-23(12-11-20-14)19-17-10-6-5-9-16(17)18(21-22-19)15-7-3-2-4-8-15;3-2(4,5)1(6)7/h5-13,17H,14-16H2,1-4H3;2-10,14,20H,11-13H2,1H3;(H,6,7)/t17-;14-;/m00./s1. The number of hydrogen-bond donors (Lipinski definition) is 2. The number of fused-ring (bicyclic) bond motifs is 2. The lowest BCUT2D eigenvalue weighted by molar-refractivity contribution is -0.192. The van der Waals surface area contributed by atoms with E-state index in [1.165, 1.54) is 5.39 Å². The van der Waals surface area contributed by atoms with Crippen molar-refractivity contribution in [2.45, 2.75) is 58.5 Å². The first-order valence-corrected chi connectivity index (χ1v) is 19.8. The lowest BCUT2D eigenvalue weighted by Crippen LogP contribution is -2.55. The number of aliphatic carboxylic acids is 1. The molecular weight excluding hydrogens is 774 g/mol. The molecule has 6 aromatic rings. The molecule has 15 heteroatoms. The first kappa shape index (κ1) is 43.2. The number of hydrogen-bond acceptors (Lipinski definition) is 10. The number of piperazine rings is 2. The van der Waals surface area contributed by atoms with E-state index in [-0.39, 0.29) is 12.1 Å². The minimum atomic E-state index is -5.08. The number of carboxylic acids is 1. The fourth-order valence-corrected chi connectivity index (χ4v) is 7.13. The molecule has 0 radical (unpaired) electrons. The Labute approximate surface area is 347 Å². The van der Waals surface area contributed by atoms with Crippen LogP contribution in [0.5, 0.6) is 0 Å². The van der Waals surface area contributed by atoms with Gasteiger partial charge in [0, 0.05) is 84.0 Å². The van der Waals surface area contributed by atoms with Crippen molar-refractivity contribution in [3.63, 3.8) is 0 Å². The third kappa shape index (κ3) is 10.6. The van der Waals surface area contributed by atoms with Gasteiger partial charge in [-0.15, -0.1) is 20.4 Å². The highest BCUT2D eigenvalue weighted by Gasteiger charge is 2.38. The highest BCUT2D eigenvalue weighted by Crippen LogP contribution is 2.33.